The molecule has 2 aromatic rings. The average Bonchev–Trinajstić information content (AvgIpc) is 2.68. The molecule has 1 saturated heterocycles. The van der Waals surface area contributed by atoms with Crippen molar-refractivity contribution < 1.29 is 23.7 Å². The first-order valence-electron chi connectivity index (χ1n) is 9.12. The molecule has 144 valence electrons. The number of carboxylic acids is 1. The van der Waals surface area contributed by atoms with Gasteiger partial charge in [0.05, 0.1) is 11.9 Å². The second kappa shape index (κ2) is 8.70. The Balaban J connectivity index is 1.85. The van der Waals surface area contributed by atoms with Crippen LogP contribution in [0.4, 0.5) is 0 Å². The van der Waals surface area contributed by atoms with Gasteiger partial charge in [-0.25, -0.2) is 4.67 Å². The molecule has 0 spiro atoms. The number of carboxylic acid groups (broad SMARTS) is 1. The maximum atomic E-state index is 13.7. The number of aliphatic carboxylic acids is 1. The summed E-state index contributed by atoms with van der Waals surface area (Å²) in [7, 11) is -3.42. The fraction of sp³-hybridized carbons (Fsp3) is 0.350. The molecular weight excluding hydrogens is 365 g/mol. The van der Waals surface area contributed by atoms with Crippen LogP contribution >= 0.6 is 7.52 Å². The fourth-order valence-electron chi connectivity index (χ4n) is 3.18. The van der Waals surface area contributed by atoms with Crippen molar-refractivity contribution in [2.75, 3.05) is 13.2 Å². The standard InChI is InChI=1S/C20H24NO5P/c1-2-7-19(20(22)23)21-14-6-15-25-27(21,24)18-12-10-17(11-13-18)26-16-8-4-3-5-9-16/h3-5,8-13,19H,2,6-7,14-15H2,1H3,(H,22,23). The average molecular weight is 389 g/mol. The molecule has 0 aromatic heterocycles. The summed E-state index contributed by atoms with van der Waals surface area (Å²) in [6, 6.07) is 15.4. The number of carbonyl (C=O) groups is 1. The third-order valence-corrected chi connectivity index (χ3v) is 7.12. The Kier molecular flexibility index (Phi) is 6.32. The highest BCUT2D eigenvalue weighted by molar-refractivity contribution is 7.64. The lowest BCUT2D eigenvalue weighted by Crippen LogP contribution is -2.44. The van der Waals surface area contributed by atoms with Crippen molar-refractivity contribution in [3.63, 3.8) is 0 Å². The lowest BCUT2D eigenvalue weighted by Gasteiger charge is -2.38. The second-order valence-corrected chi connectivity index (χ2v) is 8.75. The monoisotopic (exact) mass is 389 g/mol. The van der Waals surface area contributed by atoms with Crippen LogP contribution in [0.2, 0.25) is 0 Å². The predicted molar refractivity (Wildman–Crippen MR) is 104 cm³/mol. The molecule has 3 rings (SSSR count). The van der Waals surface area contributed by atoms with Crippen molar-refractivity contribution in [3.8, 4) is 11.5 Å². The number of para-hydroxylation sites is 1. The van der Waals surface area contributed by atoms with Crippen LogP contribution in [0.5, 0.6) is 11.5 Å². The van der Waals surface area contributed by atoms with E-state index in [4.69, 9.17) is 9.26 Å². The van der Waals surface area contributed by atoms with Crippen LogP contribution < -0.4 is 10.0 Å². The maximum Gasteiger partial charge on any atom is 0.321 e. The SMILES string of the molecule is CCCC(C(=O)O)N1CCCOP1(=O)c1ccc(Oc2ccccc2)cc1. The molecule has 7 heteroatoms. The molecule has 2 unspecified atom stereocenters. The molecule has 2 atom stereocenters. The molecule has 1 aliphatic rings. The Morgan fingerprint density at radius 2 is 1.85 bits per heavy atom. The Morgan fingerprint density at radius 3 is 2.48 bits per heavy atom. The van der Waals surface area contributed by atoms with Gasteiger partial charge in [-0.3, -0.25) is 9.36 Å². The summed E-state index contributed by atoms with van der Waals surface area (Å²) in [6.45, 7) is 2.71. The van der Waals surface area contributed by atoms with E-state index >= 15 is 0 Å². The zero-order chi connectivity index (χ0) is 19.3. The molecule has 0 bridgehead atoms. The molecular formula is C20H24NO5P. The van der Waals surface area contributed by atoms with Crippen molar-refractivity contribution in [1.82, 2.24) is 4.67 Å². The van der Waals surface area contributed by atoms with Gasteiger partial charge in [0, 0.05) is 6.54 Å². The lowest BCUT2D eigenvalue weighted by atomic mass is 10.1. The van der Waals surface area contributed by atoms with Gasteiger partial charge in [0.15, 0.2) is 0 Å². The first kappa shape index (κ1) is 19.6. The van der Waals surface area contributed by atoms with Gasteiger partial charge in [-0.05, 0) is 49.2 Å². The van der Waals surface area contributed by atoms with Crippen LogP contribution in [0.15, 0.2) is 54.6 Å². The number of benzene rings is 2. The molecule has 27 heavy (non-hydrogen) atoms. The van der Waals surface area contributed by atoms with Crippen molar-refractivity contribution in [3.05, 3.63) is 54.6 Å². The molecule has 1 N–H and O–H groups in total. The first-order valence-corrected chi connectivity index (χ1v) is 10.7. The largest absolute Gasteiger partial charge is 0.480 e. The summed E-state index contributed by atoms with van der Waals surface area (Å²) >= 11 is 0. The highest BCUT2D eigenvalue weighted by Crippen LogP contribution is 2.54. The number of hydrogen-bond donors (Lipinski definition) is 1. The predicted octanol–water partition coefficient (Wildman–Crippen LogP) is 4.27. The van der Waals surface area contributed by atoms with E-state index in [2.05, 4.69) is 0 Å². The summed E-state index contributed by atoms with van der Waals surface area (Å²) in [6.07, 6.45) is 1.78. The molecule has 1 heterocycles. The second-order valence-electron chi connectivity index (χ2n) is 6.42. The number of nitrogens with zero attached hydrogens (tertiary/aromatic N) is 1. The van der Waals surface area contributed by atoms with Gasteiger partial charge in [-0.2, -0.15) is 0 Å². The number of rotatable bonds is 7. The topological polar surface area (TPSA) is 76.1 Å². The van der Waals surface area contributed by atoms with Crippen LogP contribution in [-0.4, -0.2) is 34.9 Å². The van der Waals surface area contributed by atoms with E-state index in [0.29, 0.717) is 49.2 Å². The van der Waals surface area contributed by atoms with Gasteiger partial charge in [0.1, 0.15) is 17.5 Å². The summed E-state index contributed by atoms with van der Waals surface area (Å²) in [5.41, 5.74) is 0. The summed E-state index contributed by atoms with van der Waals surface area (Å²) < 4.78 is 26.6. The highest BCUT2D eigenvalue weighted by atomic mass is 31.2. The number of ether oxygens (including phenoxy) is 1. The number of hydrogen-bond acceptors (Lipinski definition) is 4. The summed E-state index contributed by atoms with van der Waals surface area (Å²) in [4.78, 5) is 11.7. The maximum absolute atomic E-state index is 13.7. The Hall–Kier alpha value is -2.14. The zero-order valence-electron chi connectivity index (χ0n) is 15.3. The van der Waals surface area contributed by atoms with E-state index < -0.39 is 19.5 Å². The van der Waals surface area contributed by atoms with Crippen LogP contribution in [0.3, 0.4) is 0 Å². The molecule has 0 amide bonds. The smallest absolute Gasteiger partial charge is 0.321 e. The quantitative estimate of drug-likeness (QED) is 0.713. The third kappa shape index (κ3) is 4.41. The van der Waals surface area contributed by atoms with Crippen molar-refractivity contribution in [1.29, 1.82) is 0 Å². The molecule has 0 saturated carbocycles. The minimum absolute atomic E-state index is 0.356. The Bertz CT molecular complexity index is 809. The van der Waals surface area contributed by atoms with E-state index in [1.807, 2.05) is 37.3 Å². The van der Waals surface area contributed by atoms with Crippen LogP contribution in [0.1, 0.15) is 26.2 Å². The Morgan fingerprint density at radius 1 is 1.19 bits per heavy atom. The minimum Gasteiger partial charge on any atom is -0.480 e. The van der Waals surface area contributed by atoms with Gasteiger partial charge in [0.2, 0.25) is 0 Å². The van der Waals surface area contributed by atoms with E-state index in [1.165, 1.54) is 4.67 Å². The van der Waals surface area contributed by atoms with Crippen molar-refractivity contribution >= 4 is 18.8 Å². The van der Waals surface area contributed by atoms with Gasteiger partial charge in [-0.1, -0.05) is 31.5 Å². The van der Waals surface area contributed by atoms with Gasteiger partial charge < -0.3 is 14.4 Å². The van der Waals surface area contributed by atoms with E-state index in [0.717, 1.165) is 0 Å². The van der Waals surface area contributed by atoms with Crippen LogP contribution in [0, 0.1) is 0 Å². The molecule has 0 radical (unpaired) electrons. The zero-order valence-corrected chi connectivity index (χ0v) is 16.2. The lowest BCUT2D eigenvalue weighted by molar-refractivity contribution is -0.142. The summed E-state index contributed by atoms with van der Waals surface area (Å²) in [5, 5.41) is 10.1. The van der Waals surface area contributed by atoms with Crippen molar-refractivity contribution in [2.24, 2.45) is 0 Å². The van der Waals surface area contributed by atoms with Crippen molar-refractivity contribution in [2.45, 2.75) is 32.2 Å². The van der Waals surface area contributed by atoms with E-state index in [1.54, 1.807) is 24.3 Å². The van der Waals surface area contributed by atoms with Gasteiger partial charge in [0.25, 0.3) is 0 Å². The molecule has 1 aliphatic heterocycles. The van der Waals surface area contributed by atoms with Gasteiger partial charge in [-0.15, -0.1) is 0 Å². The minimum atomic E-state index is -3.42. The molecule has 0 aliphatic carbocycles. The Labute approximate surface area is 159 Å². The third-order valence-electron chi connectivity index (χ3n) is 4.48. The highest BCUT2D eigenvalue weighted by Gasteiger charge is 2.43. The van der Waals surface area contributed by atoms with E-state index in [-0.39, 0.29) is 0 Å². The van der Waals surface area contributed by atoms with Gasteiger partial charge >= 0.3 is 13.5 Å². The normalized spacial score (nSPS) is 21.5. The summed E-state index contributed by atoms with van der Waals surface area (Å²) in [5.74, 6) is 0.358. The van der Waals surface area contributed by atoms with Crippen LogP contribution in [0.25, 0.3) is 0 Å². The fourth-order valence-corrected chi connectivity index (χ4v) is 5.67. The van der Waals surface area contributed by atoms with Crippen LogP contribution in [-0.2, 0) is 13.9 Å². The molecule has 2 aromatic carbocycles. The first-order chi connectivity index (χ1) is 13.0. The molecule has 1 fully saturated rings. The van der Waals surface area contributed by atoms with E-state index in [9.17, 15) is 14.5 Å². The molecule has 6 nitrogen and oxygen atoms in total.